The molecule has 2 N–H and O–H groups in total. The van der Waals surface area contributed by atoms with Crippen LogP contribution in [-0.2, 0) is 6.42 Å². The molecule has 18 heavy (non-hydrogen) atoms. The van der Waals surface area contributed by atoms with Gasteiger partial charge in [0.2, 0.25) is 0 Å². The van der Waals surface area contributed by atoms with Gasteiger partial charge in [-0.15, -0.1) is 0 Å². The minimum atomic E-state index is -0.677. The van der Waals surface area contributed by atoms with Gasteiger partial charge in [-0.25, -0.2) is 4.79 Å². The number of amides is 2. The number of nitrogens with one attached hydrogen (secondary N) is 1. The molecule has 1 aliphatic rings. The lowest BCUT2D eigenvalue weighted by Gasteiger charge is -2.45. The van der Waals surface area contributed by atoms with E-state index >= 15 is 0 Å². The van der Waals surface area contributed by atoms with E-state index in [9.17, 15) is 9.90 Å². The van der Waals surface area contributed by atoms with Gasteiger partial charge in [0, 0.05) is 5.69 Å². The Morgan fingerprint density at radius 1 is 1.33 bits per heavy atom. The Morgan fingerprint density at radius 3 is 2.44 bits per heavy atom. The first-order valence-corrected chi connectivity index (χ1v) is 6.43. The summed E-state index contributed by atoms with van der Waals surface area (Å²) in [5, 5.41) is 12.7. The normalized spacial score (nSPS) is 17.2. The third-order valence-electron chi connectivity index (χ3n) is 3.53. The fourth-order valence-electron chi connectivity index (χ4n) is 2.06. The number of carbonyl (C=O) groups excluding carboxylic acids is 1. The van der Waals surface area contributed by atoms with Crippen molar-refractivity contribution in [1.29, 1.82) is 0 Å². The summed E-state index contributed by atoms with van der Waals surface area (Å²) < 4.78 is 0. The Balaban J connectivity index is 1.88. The molecule has 0 aliphatic carbocycles. The van der Waals surface area contributed by atoms with Crippen molar-refractivity contribution in [3.63, 3.8) is 0 Å². The second-order valence-electron chi connectivity index (χ2n) is 4.91. The van der Waals surface area contributed by atoms with Crippen LogP contribution in [0.4, 0.5) is 10.5 Å². The summed E-state index contributed by atoms with van der Waals surface area (Å²) in [6.07, 6.45) is 1.67. The number of carbonyl (C=O) groups is 1. The van der Waals surface area contributed by atoms with E-state index in [1.165, 1.54) is 5.56 Å². The standard InChI is InChI=1S/C14H20N2O2/c1-3-11-5-7-12(8-6-11)15-13(17)16-9-14(18,4-2)10-16/h5-8,18H,3-4,9-10H2,1-2H3,(H,15,17). The first kappa shape index (κ1) is 12.9. The number of benzene rings is 1. The molecule has 1 heterocycles. The van der Waals surface area contributed by atoms with E-state index in [2.05, 4.69) is 12.2 Å². The summed E-state index contributed by atoms with van der Waals surface area (Å²) in [4.78, 5) is 13.5. The van der Waals surface area contributed by atoms with Crippen molar-refractivity contribution >= 4 is 11.7 Å². The molecule has 0 spiro atoms. The van der Waals surface area contributed by atoms with Gasteiger partial charge in [0.1, 0.15) is 0 Å². The Labute approximate surface area is 108 Å². The van der Waals surface area contributed by atoms with Crippen LogP contribution in [0.1, 0.15) is 25.8 Å². The van der Waals surface area contributed by atoms with Crippen LogP contribution in [-0.4, -0.2) is 34.7 Å². The number of aryl methyl sites for hydroxylation is 1. The molecular weight excluding hydrogens is 228 g/mol. The molecule has 0 atom stereocenters. The molecular formula is C14H20N2O2. The molecule has 1 aromatic rings. The lowest BCUT2D eigenvalue weighted by molar-refractivity contribution is -0.0755. The second kappa shape index (κ2) is 4.98. The Kier molecular flexibility index (Phi) is 3.57. The van der Waals surface area contributed by atoms with E-state index in [1.807, 2.05) is 31.2 Å². The quantitative estimate of drug-likeness (QED) is 0.862. The van der Waals surface area contributed by atoms with E-state index in [4.69, 9.17) is 0 Å². The molecule has 1 fully saturated rings. The van der Waals surface area contributed by atoms with Gasteiger partial charge < -0.3 is 15.3 Å². The molecule has 2 amide bonds. The van der Waals surface area contributed by atoms with Crippen LogP contribution in [0.3, 0.4) is 0 Å². The molecule has 4 nitrogen and oxygen atoms in total. The van der Waals surface area contributed by atoms with Crippen LogP contribution in [0.2, 0.25) is 0 Å². The fraction of sp³-hybridized carbons (Fsp3) is 0.500. The third kappa shape index (κ3) is 2.64. The van der Waals surface area contributed by atoms with Gasteiger partial charge in [-0.3, -0.25) is 0 Å². The van der Waals surface area contributed by atoms with Crippen LogP contribution >= 0.6 is 0 Å². The minimum Gasteiger partial charge on any atom is -0.386 e. The predicted molar refractivity (Wildman–Crippen MR) is 71.7 cm³/mol. The molecule has 1 aliphatic heterocycles. The number of nitrogens with zero attached hydrogens (tertiary/aromatic N) is 1. The van der Waals surface area contributed by atoms with Crippen molar-refractivity contribution in [2.45, 2.75) is 32.3 Å². The number of hydrogen-bond acceptors (Lipinski definition) is 2. The number of anilines is 1. The van der Waals surface area contributed by atoms with E-state index in [-0.39, 0.29) is 6.03 Å². The molecule has 4 heteroatoms. The highest BCUT2D eigenvalue weighted by Gasteiger charge is 2.41. The largest absolute Gasteiger partial charge is 0.386 e. The van der Waals surface area contributed by atoms with Gasteiger partial charge >= 0.3 is 6.03 Å². The molecule has 0 saturated carbocycles. The molecule has 0 unspecified atom stereocenters. The molecule has 1 saturated heterocycles. The van der Waals surface area contributed by atoms with Crippen LogP contribution in [0.25, 0.3) is 0 Å². The second-order valence-corrected chi connectivity index (χ2v) is 4.91. The third-order valence-corrected chi connectivity index (χ3v) is 3.53. The summed E-state index contributed by atoms with van der Waals surface area (Å²) in [6, 6.07) is 7.69. The maximum absolute atomic E-state index is 11.9. The Bertz CT molecular complexity index is 422. The molecule has 1 aromatic carbocycles. The SMILES string of the molecule is CCc1ccc(NC(=O)N2CC(O)(CC)C2)cc1. The van der Waals surface area contributed by atoms with Crippen molar-refractivity contribution < 1.29 is 9.90 Å². The van der Waals surface area contributed by atoms with Crippen LogP contribution in [0.15, 0.2) is 24.3 Å². The average Bonchev–Trinajstić information content (AvgIpc) is 2.35. The maximum Gasteiger partial charge on any atom is 0.322 e. The fourth-order valence-corrected chi connectivity index (χ4v) is 2.06. The number of likely N-dealkylation sites (tertiary alicyclic amines) is 1. The van der Waals surface area contributed by atoms with Crippen molar-refractivity contribution in [3.05, 3.63) is 29.8 Å². The van der Waals surface area contributed by atoms with E-state index in [0.717, 1.165) is 12.1 Å². The van der Waals surface area contributed by atoms with Gasteiger partial charge in [0.25, 0.3) is 0 Å². The maximum atomic E-state index is 11.9. The highest BCUT2D eigenvalue weighted by atomic mass is 16.3. The lowest BCUT2D eigenvalue weighted by atomic mass is 9.92. The summed E-state index contributed by atoms with van der Waals surface area (Å²) in [7, 11) is 0. The lowest BCUT2D eigenvalue weighted by Crippen LogP contribution is -2.63. The topological polar surface area (TPSA) is 52.6 Å². The molecule has 2 rings (SSSR count). The van der Waals surface area contributed by atoms with Gasteiger partial charge in [0.05, 0.1) is 18.7 Å². The van der Waals surface area contributed by atoms with Gasteiger partial charge in [-0.1, -0.05) is 26.0 Å². The van der Waals surface area contributed by atoms with E-state index < -0.39 is 5.60 Å². The zero-order chi connectivity index (χ0) is 13.2. The smallest absolute Gasteiger partial charge is 0.322 e. The number of urea groups is 1. The predicted octanol–water partition coefficient (Wildman–Crippen LogP) is 2.24. The van der Waals surface area contributed by atoms with Crippen molar-refractivity contribution in [1.82, 2.24) is 4.90 Å². The van der Waals surface area contributed by atoms with Gasteiger partial charge in [-0.05, 0) is 30.5 Å². The monoisotopic (exact) mass is 248 g/mol. The summed E-state index contributed by atoms with van der Waals surface area (Å²) in [5.74, 6) is 0. The zero-order valence-electron chi connectivity index (χ0n) is 10.9. The molecule has 0 radical (unpaired) electrons. The highest BCUT2D eigenvalue weighted by Crippen LogP contribution is 2.24. The summed E-state index contributed by atoms with van der Waals surface area (Å²) in [6.45, 7) is 4.86. The number of rotatable bonds is 3. The van der Waals surface area contributed by atoms with E-state index in [0.29, 0.717) is 19.5 Å². The zero-order valence-corrected chi connectivity index (χ0v) is 10.9. The van der Waals surface area contributed by atoms with Gasteiger partial charge in [0.15, 0.2) is 0 Å². The Hall–Kier alpha value is -1.55. The average molecular weight is 248 g/mol. The summed E-state index contributed by atoms with van der Waals surface area (Å²) >= 11 is 0. The first-order valence-electron chi connectivity index (χ1n) is 6.43. The van der Waals surface area contributed by atoms with Crippen molar-refractivity contribution in [2.75, 3.05) is 18.4 Å². The number of hydrogen-bond donors (Lipinski definition) is 2. The molecule has 0 bridgehead atoms. The van der Waals surface area contributed by atoms with Crippen LogP contribution in [0.5, 0.6) is 0 Å². The first-order chi connectivity index (χ1) is 8.56. The minimum absolute atomic E-state index is 0.141. The number of β-amino-alcohol motifs (C(OH)–C–C–N with tert-alkyl or cyclic N) is 1. The highest BCUT2D eigenvalue weighted by molar-refractivity contribution is 5.90. The van der Waals surface area contributed by atoms with Crippen LogP contribution in [0, 0.1) is 0 Å². The number of aliphatic hydroxyl groups is 1. The van der Waals surface area contributed by atoms with Crippen molar-refractivity contribution in [2.24, 2.45) is 0 Å². The van der Waals surface area contributed by atoms with E-state index in [1.54, 1.807) is 4.90 Å². The summed E-state index contributed by atoms with van der Waals surface area (Å²) in [5.41, 5.74) is 1.37. The molecule has 0 aromatic heterocycles. The molecule has 98 valence electrons. The van der Waals surface area contributed by atoms with Crippen molar-refractivity contribution in [3.8, 4) is 0 Å². The van der Waals surface area contributed by atoms with Crippen LogP contribution < -0.4 is 5.32 Å². The van der Waals surface area contributed by atoms with Gasteiger partial charge in [-0.2, -0.15) is 0 Å². The Morgan fingerprint density at radius 2 is 1.94 bits per heavy atom.